The number of aliphatic carboxylic acids is 1. The van der Waals surface area contributed by atoms with Crippen molar-refractivity contribution in [2.75, 3.05) is 13.1 Å². The molecule has 0 aromatic carbocycles. The molecule has 3 rings (SSSR count). The van der Waals surface area contributed by atoms with E-state index in [4.69, 9.17) is 9.84 Å². The molecule has 0 bridgehead atoms. The van der Waals surface area contributed by atoms with Crippen molar-refractivity contribution in [2.24, 2.45) is 5.92 Å². The molecule has 0 aromatic heterocycles. The third kappa shape index (κ3) is 2.86. The van der Waals surface area contributed by atoms with E-state index in [1.54, 1.807) is 0 Å². The van der Waals surface area contributed by atoms with Crippen LogP contribution >= 0.6 is 0 Å². The minimum Gasteiger partial charge on any atom is -0.481 e. The lowest BCUT2D eigenvalue weighted by molar-refractivity contribution is -0.144. The van der Waals surface area contributed by atoms with Crippen LogP contribution in [0.25, 0.3) is 0 Å². The fourth-order valence-electron chi connectivity index (χ4n) is 4.39. The molecule has 4 heteroatoms. The quantitative estimate of drug-likeness (QED) is 0.864. The summed E-state index contributed by atoms with van der Waals surface area (Å²) >= 11 is 0. The summed E-state index contributed by atoms with van der Waals surface area (Å²) in [6.45, 7) is 4.07. The molecule has 1 aliphatic carbocycles. The second kappa shape index (κ2) is 5.64. The smallest absolute Gasteiger partial charge is 0.306 e. The first-order valence-electron chi connectivity index (χ1n) is 8.23. The molecule has 3 aliphatic rings. The number of piperidine rings is 1. The predicted molar refractivity (Wildman–Crippen MR) is 76.7 cm³/mol. The van der Waals surface area contributed by atoms with E-state index >= 15 is 0 Å². The first-order valence-corrected chi connectivity index (χ1v) is 8.23. The molecule has 2 aliphatic heterocycles. The number of carboxylic acids is 1. The molecular formula is C16H27NO3. The Labute approximate surface area is 121 Å². The van der Waals surface area contributed by atoms with Gasteiger partial charge in [-0.1, -0.05) is 12.8 Å². The standard InChI is InChI=1S/C16H27NO3/c1-12-10-13(15(18)19)5-9-17(12)11-14-4-8-16(20-14)6-2-3-7-16/h12-14H,2-11H2,1H3,(H,18,19). The van der Waals surface area contributed by atoms with Gasteiger partial charge in [-0.05, 0) is 52.0 Å². The third-order valence-electron chi connectivity index (χ3n) is 5.65. The number of likely N-dealkylation sites (tertiary alicyclic amines) is 1. The zero-order chi connectivity index (χ0) is 14.2. The second-order valence-corrected chi connectivity index (χ2v) is 7.07. The molecule has 114 valence electrons. The van der Waals surface area contributed by atoms with Gasteiger partial charge in [-0.25, -0.2) is 0 Å². The Morgan fingerprint density at radius 2 is 2.05 bits per heavy atom. The van der Waals surface area contributed by atoms with Gasteiger partial charge in [0.25, 0.3) is 0 Å². The van der Waals surface area contributed by atoms with E-state index in [0.717, 1.165) is 25.9 Å². The minimum atomic E-state index is -0.626. The maximum atomic E-state index is 11.1. The molecule has 1 N–H and O–H groups in total. The summed E-state index contributed by atoms with van der Waals surface area (Å²) in [5.74, 6) is -0.773. The van der Waals surface area contributed by atoms with E-state index in [1.165, 1.54) is 38.5 Å². The first kappa shape index (κ1) is 14.3. The van der Waals surface area contributed by atoms with Crippen LogP contribution in [0.5, 0.6) is 0 Å². The zero-order valence-corrected chi connectivity index (χ0v) is 12.5. The summed E-state index contributed by atoms with van der Waals surface area (Å²) in [5.41, 5.74) is 0.216. The lowest BCUT2D eigenvalue weighted by atomic mass is 9.91. The Hall–Kier alpha value is -0.610. The van der Waals surface area contributed by atoms with Crippen molar-refractivity contribution in [1.82, 2.24) is 4.90 Å². The van der Waals surface area contributed by atoms with Crippen LogP contribution in [0.4, 0.5) is 0 Å². The molecular weight excluding hydrogens is 254 g/mol. The Kier molecular flexibility index (Phi) is 4.04. The minimum absolute atomic E-state index is 0.146. The van der Waals surface area contributed by atoms with E-state index in [9.17, 15) is 4.79 Å². The van der Waals surface area contributed by atoms with Crippen molar-refractivity contribution in [3.63, 3.8) is 0 Å². The van der Waals surface area contributed by atoms with Gasteiger partial charge in [-0.15, -0.1) is 0 Å². The Balaban J connectivity index is 1.50. The molecule has 3 atom stereocenters. The highest BCUT2D eigenvalue weighted by atomic mass is 16.5. The molecule has 3 fully saturated rings. The van der Waals surface area contributed by atoms with Crippen molar-refractivity contribution < 1.29 is 14.6 Å². The largest absolute Gasteiger partial charge is 0.481 e. The molecule has 4 nitrogen and oxygen atoms in total. The molecule has 2 saturated heterocycles. The van der Waals surface area contributed by atoms with Gasteiger partial charge in [0.1, 0.15) is 0 Å². The van der Waals surface area contributed by atoms with Gasteiger partial charge in [0.2, 0.25) is 0 Å². The predicted octanol–water partition coefficient (Wildman–Crippen LogP) is 2.66. The molecule has 0 aromatic rings. The van der Waals surface area contributed by atoms with Gasteiger partial charge in [-0.2, -0.15) is 0 Å². The van der Waals surface area contributed by atoms with Crippen LogP contribution in [0.2, 0.25) is 0 Å². The summed E-state index contributed by atoms with van der Waals surface area (Å²) in [6, 6.07) is 0.369. The van der Waals surface area contributed by atoms with Crippen molar-refractivity contribution in [1.29, 1.82) is 0 Å². The van der Waals surface area contributed by atoms with Crippen LogP contribution in [0, 0.1) is 5.92 Å². The number of rotatable bonds is 3. The Morgan fingerprint density at radius 1 is 1.30 bits per heavy atom. The number of carbonyl (C=O) groups is 1. The van der Waals surface area contributed by atoms with Crippen LogP contribution < -0.4 is 0 Å². The summed E-state index contributed by atoms with van der Waals surface area (Å²) in [7, 11) is 0. The van der Waals surface area contributed by atoms with Crippen molar-refractivity contribution in [3.8, 4) is 0 Å². The fourth-order valence-corrected chi connectivity index (χ4v) is 4.39. The second-order valence-electron chi connectivity index (χ2n) is 7.07. The lowest BCUT2D eigenvalue weighted by Gasteiger charge is -2.37. The fraction of sp³-hybridized carbons (Fsp3) is 0.938. The summed E-state index contributed by atoms with van der Waals surface area (Å²) in [5, 5.41) is 9.12. The number of carboxylic acid groups (broad SMARTS) is 1. The molecule has 20 heavy (non-hydrogen) atoms. The van der Waals surface area contributed by atoms with Crippen LogP contribution in [0.3, 0.4) is 0 Å². The Morgan fingerprint density at radius 3 is 2.70 bits per heavy atom. The SMILES string of the molecule is CC1CC(C(=O)O)CCN1CC1CCC2(CCCC2)O1. The summed E-state index contributed by atoms with van der Waals surface area (Å²) in [6.07, 6.45) is 9.52. The van der Waals surface area contributed by atoms with Gasteiger partial charge in [-0.3, -0.25) is 9.69 Å². The number of nitrogens with zero attached hydrogens (tertiary/aromatic N) is 1. The highest BCUT2D eigenvalue weighted by Crippen LogP contribution is 2.43. The Bertz CT molecular complexity index is 365. The lowest BCUT2D eigenvalue weighted by Crippen LogP contribution is -2.46. The highest BCUT2D eigenvalue weighted by molar-refractivity contribution is 5.70. The van der Waals surface area contributed by atoms with Crippen molar-refractivity contribution in [2.45, 2.75) is 76.0 Å². The molecule has 1 saturated carbocycles. The van der Waals surface area contributed by atoms with E-state index in [1.807, 2.05) is 0 Å². The molecule has 3 unspecified atom stereocenters. The summed E-state index contributed by atoms with van der Waals surface area (Å²) < 4.78 is 6.38. The molecule has 0 amide bonds. The topological polar surface area (TPSA) is 49.8 Å². The van der Waals surface area contributed by atoms with E-state index in [2.05, 4.69) is 11.8 Å². The van der Waals surface area contributed by atoms with E-state index < -0.39 is 5.97 Å². The normalized spacial score (nSPS) is 37.5. The maximum Gasteiger partial charge on any atom is 0.306 e. The average molecular weight is 281 g/mol. The van der Waals surface area contributed by atoms with Gasteiger partial charge in [0.15, 0.2) is 0 Å². The van der Waals surface area contributed by atoms with Crippen LogP contribution in [0.15, 0.2) is 0 Å². The van der Waals surface area contributed by atoms with Crippen LogP contribution in [0.1, 0.15) is 58.3 Å². The number of ether oxygens (including phenoxy) is 1. The van der Waals surface area contributed by atoms with Gasteiger partial charge >= 0.3 is 5.97 Å². The monoisotopic (exact) mass is 281 g/mol. The van der Waals surface area contributed by atoms with Gasteiger partial charge < -0.3 is 9.84 Å². The summed E-state index contributed by atoms with van der Waals surface area (Å²) in [4.78, 5) is 13.5. The number of hydrogen-bond donors (Lipinski definition) is 1. The van der Waals surface area contributed by atoms with Crippen molar-refractivity contribution in [3.05, 3.63) is 0 Å². The molecule has 1 spiro atoms. The highest BCUT2D eigenvalue weighted by Gasteiger charge is 2.43. The first-order chi connectivity index (χ1) is 9.58. The maximum absolute atomic E-state index is 11.1. The van der Waals surface area contributed by atoms with E-state index in [0.29, 0.717) is 12.1 Å². The van der Waals surface area contributed by atoms with Crippen LogP contribution in [-0.4, -0.2) is 46.8 Å². The van der Waals surface area contributed by atoms with Gasteiger partial charge in [0.05, 0.1) is 17.6 Å². The van der Waals surface area contributed by atoms with Crippen molar-refractivity contribution >= 4 is 5.97 Å². The van der Waals surface area contributed by atoms with Gasteiger partial charge in [0, 0.05) is 12.6 Å². The van der Waals surface area contributed by atoms with Crippen LogP contribution in [-0.2, 0) is 9.53 Å². The molecule has 0 radical (unpaired) electrons. The molecule has 2 heterocycles. The number of hydrogen-bond acceptors (Lipinski definition) is 3. The van der Waals surface area contributed by atoms with E-state index in [-0.39, 0.29) is 11.5 Å². The third-order valence-corrected chi connectivity index (χ3v) is 5.65. The average Bonchev–Trinajstić information content (AvgIpc) is 3.03. The zero-order valence-electron chi connectivity index (χ0n) is 12.5.